The normalized spacial score (nSPS) is 16.4. The van der Waals surface area contributed by atoms with Crippen LogP contribution < -0.4 is 20.1 Å². The largest absolute Gasteiger partial charge is 0.486 e. The number of nitrogens with zero attached hydrogens (tertiary/aromatic N) is 2. The highest BCUT2D eigenvalue weighted by Gasteiger charge is 2.35. The maximum absolute atomic E-state index is 14.5. The molecule has 3 aromatic rings. The van der Waals surface area contributed by atoms with Crippen LogP contribution in [0.15, 0.2) is 56.8 Å². The van der Waals surface area contributed by atoms with Gasteiger partial charge < -0.3 is 24.5 Å². The number of anilines is 1. The number of oxazole rings is 1. The summed E-state index contributed by atoms with van der Waals surface area (Å²) in [5.41, 5.74) is 5.47. The molecule has 1 fully saturated rings. The molecule has 2 aromatic carbocycles. The van der Waals surface area contributed by atoms with Gasteiger partial charge in [-0.25, -0.2) is 12.8 Å². The van der Waals surface area contributed by atoms with E-state index in [1.807, 2.05) is 0 Å². The number of piperidine rings is 1. The zero-order valence-corrected chi connectivity index (χ0v) is 18.9. The minimum Gasteiger partial charge on any atom is -0.486 e. The summed E-state index contributed by atoms with van der Waals surface area (Å²) in [6.07, 6.45) is 0.878. The SMILES string of the molecule is NC(=O)C1CCN(c2oc(-c3ccccc3F)nc2S(=O)(=O)c2ccc3c(c2)OCCO3)CC1. The molecule has 0 saturated carbocycles. The van der Waals surface area contributed by atoms with Crippen LogP contribution >= 0.6 is 0 Å². The van der Waals surface area contributed by atoms with Gasteiger partial charge in [-0.3, -0.25) is 4.79 Å². The predicted molar refractivity (Wildman–Crippen MR) is 119 cm³/mol. The lowest BCUT2D eigenvalue weighted by Gasteiger charge is -2.30. The Morgan fingerprint density at radius 2 is 1.76 bits per heavy atom. The Bertz CT molecular complexity index is 1350. The number of aromatic nitrogens is 1. The second-order valence-electron chi connectivity index (χ2n) is 8.08. The van der Waals surface area contributed by atoms with Crippen LogP contribution in [0.3, 0.4) is 0 Å². The van der Waals surface area contributed by atoms with Crippen molar-refractivity contribution in [2.45, 2.75) is 22.8 Å². The van der Waals surface area contributed by atoms with Crippen LogP contribution in [0, 0.1) is 11.7 Å². The highest BCUT2D eigenvalue weighted by atomic mass is 32.2. The van der Waals surface area contributed by atoms with Crippen LogP contribution in [0.2, 0.25) is 0 Å². The van der Waals surface area contributed by atoms with Crippen LogP contribution in [0.1, 0.15) is 12.8 Å². The fourth-order valence-electron chi connectivity index (χ4n) is 4.09. The van der Waals surface area contributed by atoms with Gasteiger partial charge in [0.15, 0.2) is 11.5 Å². The smallest absolute Gasteiger partial charge is 0.236 e. The number of carbonyl (C=O) groups excluding carboxylic acids is 1. The van der Waals surface area contributed by atoms with Gasteiger partial charge in [-0.2, -0.15) is 4.98 Å². The first-order valence-electron chi connectivity index (χ1n) is 10.8. The van der Waals surface area contributed by atoms with E-state index in [0.29, 0.717) is 50.6 Å². The van der Waals surface area contributed by atoms with E-state index in [0.717, 1.165) is 0 Å². The van der Waals surface area contributed by atoms with Crippen molar-refractivity contribution in [2.24, 2.45) is 11.7 Å². The fourth-order valence-corrected chi connectivity index (χ4v) is 5.43. The third-order valence-corrected chi connectivity index (χ3v) is 7.60. The van der Waals surface area contributed by atoms with Crippen molar-refractivity contribution >= 4 is 21.6 Å². The molecular weight excluding hydrogens is 465 g/mol. The molecule has 2 aliphatic rings. The molecule has 1 amide bonds. The molecule has 2 N–H and O–H groups in total. The van der Waals surface area contributed by atoms with E-state index in [1.165, 1.54) is 36.4 Å². The van der Waals surface area contributed by atoms with Crippen LogP contribution in [0.25, 0.3) is 11.5 Å². The zero-order chi connectivity index (χ0) is 23.9. The molecule has 5 rings (SSSR count). The van der Waals surface area contributed by atoms with Crippen LogP contribution in [-0.4, -0.2) is 45.6 Å². The third-order valence-electron chi connectivity index (χ3n) is 5.95. The Labute approximate surface area is 195 Å². The van der Waals surface area contributed by atoms with E-state index in [4.69, 9.17) is 19.6 Å². The molecule has 9 nitrogen and oxygen atoms in total. The van der Waals surface area contributed by atoms with Gasteiger partial charge in [0.25, 0.3) is 0 Å². The molecule has 1 aromatic heterocycles. The molecule has 3 heterocycles. The summed E-state index contributed by atoms with van der Waals surface area (Å²) >= 11 is 0. The summed E-state index contributed by atoms with van der Waals surface area (Å²) in [5, 5.41) is -0.333. The van der Waals surface area contributed by atoms with Crippen molar-refractivity contribution in [2.75, 3.05) is 31.2 Å². The molecule has 178 valence electrons. The average Bonchev–Trinajstić information content (AvgIpc) is 3.30. The topological polar surface area (TPSA) is 125 Å². The first-order valence-corrected chi connectivity index (χ1v) is 12.3. The Balaban J connectivity index is 1.59. The van der Waals surface area contributed by atoms with Gasteiger partial charge in [0.1, 0.15) is 19.0 Å². The molecule has 1 saturated heterocycles. The Hall–Kier alpha value is -3.60. The lowest BCUT2D eigenvalue weighted by molar-refractivity contribution is -0.122. The van der Waals surface area contributed by atoms with E-state index in [9.17, 15) is 17.6 Å². The van der Waals surface area contributed by atoms with Crippen molar-refractivity contribution in [3.63, 3.8) is 0 Å². The highest BCUT2D eigenvalue weighted by molar-refractivity contribution is 7.91. The Kier molecular flexibility index (Phi) is 5.64. The second-order valence-corrected chi connectivity index (χ2v) is 9.95. The van der Waals surface area contributed by atoms with Gasteiger partial charge in [-0.1, -0.05) is 12.1 Å². The van der Waals surface area contributed by atoms with Crippen molar-refractivity contribution in [1.29, 1.82) is 0 Å². The number of sulfone groups is 1. The second kappa shape index (κ2) is 8.64. The number of carbonyl (C=O) groups is 1. The molecule has 11 heteroatoms. The molecule has 0 bridgehead atoms. The van der Waals surface area contributed by atoms with Crippen molar-refractivity contribution in [1.82, 2.24) is 4.98 Å². The molecule has 0 spiro atoms. The number of fused-ring (bicyclic) bond motifs is 1. The van der Waals surface area contributed by atoms with E-state index in [2.05, 4.69) is 4.98 Å². The van der Waals surface area contributed by atoms with Gasteiger partial charge in [-0.15, -0.1) is 0 Å². The summed E-state index contributed by atoms with van der Waals surface area (Å²) in [7, 11) is -4.18. The summed E-state index contributed by atoms with van der Waals surface area (Å²) in [5.74, 6) is -0.681. The molecule has 0 radical (unpaired) electrons. The number of halogens is 1. The first kappa shape index (κ1) is 22.2. The van der Waals surface area contributed by atoms with Gasteiger partial charge in [0.05, 0.1) is 10.5 Å². The molecule has 2 aliphatic heterocycles. The van der Waals surface area contributed by atoms with E-state index in [-0.39, 0.29) is 33.2 Å². The van der Waals surface area contributed by atoms with Crippen molar-refractivity contribution in [3.05, 3.63) is 48.3 Å². The number of primary amides is 1. The third kappa shape index (κ3) is 3.96. The predicted octanol–water partition coefficient (Wildman–Crippen LogP) is 2.79. The minimum atomic E-state index is -4.18. The summed E-state index contributed by atoms with van der Waals surface area (Å²) in [4.78, 5) is 17.4. The number of ether oxygens (including phenoxy) is 2. The maximum Gasteiger partial charge on any atom is 0.236 e. The van der Waals surface area contributed by atoms with E-state index in [1.54, 1.807) is 11.0 Å². The highest BCUT2D eigenvalue weighted by Crippen LogP contribution is 2.39. The number of amides is 1. The summed E-state index contributed by atoms with van der Waals surface area (Å²) in [6, 6.07) is 10.1. The number of rotatable bonds is 5. The van der Waals surface area contributed by atoms with Gasteiger partial charge in [0, 0.05) is 25.1 Å². The summed E-state index contributed by atoms with van der Waals surface area (Å²) < 4.78 is 58.7. The fraction of sp³-hybridized carbons (Fsp3) is 0.304. The average molecular weight is 488 g/mol. The molecule has 34 heavy (non-hydrogen) atoms. The first-order chi connectivity index (χ1) is 16.3. The lowest BCUT2D eigenvalue weighted by Crippen LogP contribution is -2.38. The number of nitrogens with two attached hydrogens (primary N) is 1. The quantitative estimate of drug-likeness (QED) is 0.583. The number of benzene rings is 2. The number of hydrogen-bond acceptors (Lipinski definition) is 8. The van der Waals surface area contributed by atoms with E-state index < -0.39 is 21.6 Å². The molecule has 0 atom stereocenters. The zero-order valence-electron chi connectivity index (χ0n) is 18.1. The Morgan fingerprint density at radius 3 is 2.47 bits per heavy atom. The lowest BCUT2D eigenvalue weighted by atomic mass is 9.96. The van der Waals surface area contributed by atoms with Crippen LogP contribution in [0.5, 0.6) is 11.5 Å². The van der Waals surface area contributed by atoms with Crippen LogP contribution in [0.4, 0.5) is 10.3 Å². The van der Waals surface area contributed by atoms with Crippen molar-refractivity contribution in [3.8, 4) is 23.0 Å². The van der Waals surface area contributed by atoms with E-state index >= 15 is 0 Å². The van der Waals surface area contributed by atoms with Crippen molar-refractivity contribution < 1.29 is 31.5 Å². The monoisotopic (exact) mass is 487 g/mol. The van der Waals surface area contributed by atoms with Gasteiger partial charge in [0.2, 0.25) is 32.5 Å². The maximum atomic E-state index is 14.5. The molecule has 0 unspecified atom stereocenters. The number of hydrogen-bond donors (Lipinski definition) is 1. The molecular formula is C23H22FN3O6S. The van der Waals surface area contributed by atoms with Crippen LogP contribution in [-0.2, 0) is 14.6 Å². The Morgan fingerprint density at radius 1 is 1.06 bits per heavy atom. The van der Waals surface area contributed by atoms with Gasteiger partial charge >= 0.3 is 0 Å². The summed E-state index contributed by atoms with van der Waals surface area (Å²) in [6.45, 7) is 1.35. The molecule has 0 aliphatic carbocycles. The standard InChI is InChI=1S/C23H22FN3O6S/c24-17-4-2-1-3-16(17)21-26-22(23(33-21)27-9-7-14(8-10-27)20(25)28)34(29,30)15-5-6-18-19(13-15)32-12-11-31-18/h1-6,13-14H,7-12H2,(H2,25,28). The minimum absolute atomic E-state index is 0.00365. The van der Waals surface area contributed by atoms with Gasteiger partial charge in [-0.05, 0) is 37.1 Å².